The first-order chi connectivity index (χ1) is 12.8. The van der Waals surface area contributed by atoms with Gasteiger partial charge in [0.05, 0.1) is 29.6 Å². The maximum absolute atomic E-state index is 12.7. The van der Waals surface area contributed by atoms with Crippen LogP contribution in [-0.2, 0) is 6.18 Å². The molecule has 154 valence electrons. The average Bonchev–Trinajstić information content (AvgIpc) is 3.03. The van der Waals surface area contributed by atoms with Gasteiger partial charge in [-0.2, -0.15) is 31.4 Å². The Bertz CT molecular complexity index is 827. The van der Waals surface area contributed by atoms with Crippen molar-refractivity contribution >= 4 is 5.91 Å². The minimum atomic E-state index is -4.89. The largest absolute Gasteiger partial charge is 0.417 e. The lowest BCUT2D eigenvalue weighted by Crippen LogP contribution is -2.40. The first-order valence-corrected chi connectivity index (χ1v) is 7.97. The number of carbonyl (C=O) groups is 1. The van der Waals surface area contributed by atoms with E-state index in [1.165, 1.54) is 0 Å². The van der Waals surface area contributed by atoms with Crippen LogP contribution in [0.2, 0.25) is 0 Å². The summed E-state index contributed by atoms with van der Waals surface area (Å²) in [5.41, 5.74) is -0.800. The molecule has 2 N–H and O–H groups in total. The Morgan fingerprint density at radius 1 is 1.18 bits per heavy atom. The lowest BCUT2D eigenvalue weighted by molar-refractivity contribution is -0.201. The number of alkyl halides is 6. The Hall–Kier alpha value is -2.63. The molecule has 0 aliphatic rings. The molecule has 1 unspecified atom stereocenters. The Labute approximate surface area is 155 Å². The summed E-state index contributed by atoms with van der Waals surface area (Å²) in [5.74, 6) is -1.27. The van der Waals surface area contributed by atoms with Gasteiger partial charge in [-0.25, -0.2) is 9.67 Å². The summed E-state index contributed by atoms with van der Waals surface area (Å²) in [7, 11) is 0. The van der Waals surface area contributed by atoms with Gasteiger partial charge in [0.1, 0.15) is 0 Å². The van der Waals surface area contributed by atoms with Crippen LogP contribution in [0.4, 0.5) is 26.3 Å². The topological polar surface area (TPSA) is 80.0 Å². The second-order valence-electron chi connectivity index (χ2n) is 6.18. The van der Waals surface area contributed by atoms with Gasteiger partial charge in [0.2, 0.25) is 0 Å². The van der Waals surface area contributed by atoms with Gasteiger partial charge in [-0.05, 0) is 18.1 Å². The molecule has 12 heteroatoms. The van der Waals surface area contributed by atoms with Crippen molar-refractivity contribution < 1.29 is 36.2 Å². The summed E-state index contributed by atoms with van der Waals surface area (Å²) < 4.78 is 76.1. The summed E-state index contributed by atoms with van der Waals surface area (Å²) in [4.78, 5) is 15.9. The number of rotatable bonds is 5. The zero-order valence-electron chi connectivity index (χ0n) is 14.6. The summed E-state index contributed by atoms with van der Waals surface area (Å²) in [6.07, 6.45) is -10.5. The molecule has 0 saturated carbocycles. The zero-order valence-corrected chi connectivity index (χ0v) is 14.6. The van der Waals surface area contributed by atoms with Gasteiger partial charge in [0.15, 0.2) is 11.9 Å². The van der Waals surface area contributed by atoms with E-state index in [0.29, 0.717) is 6.20 Å². The molecule has 0 aliphatic carbocycles. The van der Waals surface area contributed by atoms with E-state index in [1.807, 2.05) is 5.32 Å². The highest BCUT2D eigenvalue weighted by molar-refractivity contribution is 5.95. The van der Waals surface area contributed by atoms with Crippen LogP contribution < -0.4 is 5.32 Å². The number of halogens is 6. The number of amides is 1. The minimum Gasteiger partial charge on any atom is -0.382 e. The third kappa shape index (κ3) is 4.80. The zero-order chi connectivity index (χ0) is 21.3. The molecule has 0 aliphatic heterocycles. The van der Waals surface area contributed by atoms with Gasteiger partial charge in [-0.1, -0.05) is 13.8 Å². The number of aliphatic hydroxyl groups excluding tert-OH is 1. The molecule has 0 bridgehead atoms. The van der Waals surface area contributed by atoms with Gasteiger partial charge in [0.25, 0.3) is 5.91 Å². The Kier molecular flexibility index (Phi) is 6.02. The fraction of sp³-hybridized carbons (Fsp3) is 0.438. The molecule has 0 fully saturated rings. The second kappa shape index (κ2) is 7.78. The monoisotopic (exact) mass is 410 g/mol. The van der Waals surface area contributed by atoms with E-state index < -0.39 is 36.5 Å². The first kappa shape index (κ1) is 21.7. The first-order valence-electron chi connectivity index (χ1n) is 7.97. The molecule has 6 nitrogen and oxygen atoms in total. The predicted octanol–water partition coefficient (Wildman–Crippen LogP) is 3.06. The maximum atomic E-state index is 12.7. The third-order valence-electron chi connectivity index (χ3n) is 3.72. The van der Waals surface area contributed by atoms with E-state index in [0.717, 1.165) is 23.0 Å². The highest BCUT2D eigenvalue weighted by Crippen LogP contribution is 2.29. The maximum Gasteiger partial charge on any atom is 0.417 e. The van der Waals surface area contributed by atoms with E-state index in [4.69, 9.17) is 5.11 Å². The van der Waals surface area contributed by atoms with Crippen LogP contribution in [0, 0.1) is 0 Å². The van der Waals surface area contributed by atoms with Gasteiger partial charge < -0.3 is 10.4 Å². The standard InChI is InChI=1S/C16H16F6N4O2/c1-8(2)13-10(14(28)24-7-11(27)16(20,21)22)6-25-26(13)12-4-3-9(5-23-12)15(17,18)19/h3-6,8,11,27H,7H2,1-2H3,(H,24,28). The number of pyridine rings is 1. The molecular formula is C16H16F6N4O2. The fourth-order valence-corrected chi connectivity index (χ4v) is 2.35. The van der Waals surface area contributed by atoms with E-state index >= 15 is 0 Å². The molecule has 2 aromatic heterocycles. The highest BCUT2D eigenvalue weighted by atomic mass is 19.4. The average molecular weight is 410 g/mol. The van der Waals surface area contributed by atoms with Crippen LogP contribution in [0.15, 0.2) is 24.5 Å². The number of aliphatic hydroxyl groups is 1. The normalized spacial score (nSPS) is 13.6. The van der Waals surface area contributed by atoms with Gasteiger partial charge in [0, 0.05) is 6.20 Å². The van der Waals surface area contributed by atoms with Crippen molar-refractivity contribution in [1.29, 1.82) is 0 Å². The lowest BCUT2D eigenvalue weighted by Gasteiger charge is -2.16. The third-order valence-corrected chi connectivity index (χ3v) is 3.72. The van der Waals surface area contributed by atoms with Crippen LogP contribution >= 0.6 is 0 Å². The van der Waals surface area contributed by atoms with Crippen molar-refractivity contribution in [2.45, 2.75) is 38.2 Å². The highest BCUT2D eigenvalue weighted by Gasteiger charge is 2.38. The van der Waals surface area contributed by atoms with Crippen LogP contribution in [-0.4, -0.2) is 44.6 Å². The van der Waals surface area contributed by atoms with E-state index in [-0.39, 0.29) is 23.0 Å². The van der Waals surface area contributed by atoms with Crippen molar-refractivity contribution in [2.24, 2.45) is 0 Å². The van der Waals surface area contributed by atoms with Crippen molar-refractivity contribution in [1.82, 2.24) is 20.1 Å². The van der Waals surface area contributed by atoms with E-state index in [1.54, 1.807) is 13.8 Å². The Balaban J connectivity index is 2.30. The van der Waals surface area contributed by atoms with Crippen molar-refractivity contribution in [3.05, 3.63) is 41.3 Å². The Morgan fingerprint density at radius 3 is 2.29 bits per heavy atom. The molecule has 0 spiro atoms. The van der Waals surface area contributed by atoms with E-state index in [9.17, 15) is 31.1 Å². The molecule has 1 amide bonds. The number of carbonyl (C=O) groups excluding carboxylic acids is 1. The second-order valence-corrected chi connectivity index (χ2v) is 6.18. The number of nitrogens with one attached hydrogen (secondary N) is 1. The molecule has 0 radical (unpaired) electrons. The van der Waals surface area contributed by atoms with Crippen molar-refractivity contribution in [2.75, 3.05) is 6.54 Å². The van der Waals surface area contributed by atoms with E-state index in [2.05, 4.69) is 10.1 Å². The molecule has 2 heterocycles. The molecule has 2 aromatic rings. The van der Waals surface area contributed by atoms with Crippen LogP contribution in [0.5, 0.6) is 0 Å². The number of nitrogens with zero attached hydrogens (tertiary/aromatic N) is 3. The summed E-state index contributed by atoms with van der Waals surface area (Å²) in [6.45, 7) is 2.28. The summed E-state index contributed by atoms with van der Waals surface area (Å²) in [6, 6.07) is 1.87. The molecule has 0 saturated heterocycles. The van der Waals surface area contributed by atoms with Gasteiger partial charge in [-0.15, -0.1) is 0 Å². The molecular weight excluding hydrogens is 394 g/mol. The van der Waals surface area contributed by atoms with Gasteiger partial charge >= 0.3 is 12.4 Å². The predicted molar refractivity (Wildman–Crippen MR) is 84.8 cm³/mol. The van der Waals surface area contributed by atoms with Crippen LogP contribution in [0.25, 0.3) is 5.82 Å². The minimum absolute atomic E-state index is 0.00563. The van der Waals surface area contributed by atoms with Crippen molar-refractivity contribution in [3.8, 4) is 5.82 Å². The summed E-state index contributed by atoms with van der Waals surface area (Å²) in [5, 5.41) is 14.9. The molecule has 2 rings (SSSR count). The number of hydrogen-bond donors (Lipinski definition) is 2. The smallest absolute Gasteiger partial charge is 0.382 e. The van der Waals surface area contributed by atoms with Crippen LogP contribution in [0.1, 0.15) is 41.4 Å². The molecule has 0 aromatic carbocycles. The molecule has 1 atom stereocenters. The van der Waals surface area contributed by atoms with Gasteiger partial charge in [-0.3, -0.25) is 4.79 Å². The molecule has 28 heavy (non-hydrogen) atoms. The number of aromatic nitrogens is 3. The summed E-state index contributed by atoms with van der Waals surface area (Å²) >= 11 is 0. The van der Waals surface area contributed by atoms with Crippen molar-refractivity contribution in [3.63, 3.8) is 0 Å². The van der Waals surface area contributed by atoms with Crippen LogP contribution in [0.3, 0.4) is 0 Å². The fourth-order valence-electron chi connectivity index (χ4n) is 2.35. The Morgan fingerprint density at radius 2 is 1.82 bits per heavy atom. The SMILES string of the molecule is CC(C)c1c(C(=O)NCC(O)C(F)(F)F)cnn1-c1ccc(C(F)(F)F)cn1. The lowest BCUT2D eigenvalue weighted by atomic mass is 10.1. The quantitative estimate of drug-likeness (QED) is 0.743. The number of hydrogen-bond acceptors (Lipinski definition) is 4.